The molecule has 1 aliphatic rings. The van der Waals surface area contributed by atoms with E-state index in [1.54, 1.807) is 19.2 Å². The smallest absolute Gasteiger partial charge is 0.141 e. The fraction of sp³-hybridized carbons (Fsp3) is 0.455. The summed E-state index contributed by atoms with van der Waals surface area (Å²) in [5.74, 6) is 0.797. The van der Waals surface area contributed by atoms with Gasteiger partial charge >= 0.3 is 0 Å². The highest BCUT2D eigenvalue weighted by Crippen LogP contribution is 2.32. The lowest BCUT2D eigenvalue weighted by molar-refractivity contribution is 0.411. The summed E-state index contributed by atoms with van der Waals surface area (Å²) in [5, 5.41) is 3.23. The van der Waals surface area contributed by atoms with Crippen LogP contribution in [-0.2, 0) is 0 Å². The molecule has 1 unspecified atom stereocenters. The van der Waals surface area contributed by atoms with E-state index in [-0.39, 0.29) is 11.7 Å². The largest absolute Gasteiger partial charge is 0.497 e. The van der Waals surface area contributed by atoms with E-state index in [1.807, 2.05) is 0 Å². The number of rotatable bonds is 2. The van der Waals surface area contributed by atoms with Gasteiger partial charge in [0, 0.05) is 12.5 Å². The number of methoxy groups -OCH3 is 1. The molecule has 15 heavy (non-hydrogen) atoms. The van der Waals surface area contributed by atoms with E-state index < -0.39 is 0 Å². The lowest BCUT2D eigenvalue weighted by Gasteiger charge is -2.13. The minimum absolute atomic E-state index is 0.162. The molecular formula is C11H13BrFNO. The van der Waals surface area contributed by atoms with Gasteiger partial charge in [-0.3, -0.25) is 0 Å². The summed E-state index contributed by atoms with van der Waals surface area (Å²) < 4.78 is 19.4. The van der Waals surface area contributed by atoms with E-state index in [0.717, 1.165) is 25.1 Å². The van der Waals surface area contributed by atoms with E-state index in [0.29, 0.717) is 10.2 Å². The predicted octanol–water partition coefficient (Wildman–Crippen LogP) is 2.67. The normalized spacial score (nSPS) is 20.6. The molecule has 0 bridgehead atoms. The topological polar surface area (TPSA) is 21.3 Å². The SMILES string of the molecule is COc1cc(Br)c(F)c(C2CCNC2)c1. The molecule has 2 nitrogen and oxygen atoms in total. The Morgan fingerprint density at radius 3 is 2.93 bits per heavy atom. The van der Waals surface area contributed by atoms with Gasteiger partial charge < -0.3 is 10.1 Å². The summed E-state index contributed by atoms with van der Waals surface area (Å²) in [6.07, 6.45) is 0.983. The Kier molecular flexibility index (Phi) is 3.26. The summed E-state index contributed by atoms with van der Waals surface area (Å²) in [7, 11) is 1.59. The second-order valence-electron chi connectivity index (χ2n) is 3.70. The maximum atomic E-state index is 13.8. The molecule has 1 atom stereocenters. The third kappa shape index (κ3) is 2.16. The zero-order chi connectivity index (χ0) is 10.8. The summed E-state index contributed by atoms with van der Waals surface area (Å²) in [6, 6.07) is 3.44. The summed E-state index contributed by atoms with van der Waals surface area (Å²) >= 11 is 3.21. The molecule has 0 amide bonds. The average molecular weight is 274 g/mol. The summed E-state index contributed by atoms with van der Waals surface area (Å²) in [5.41, 5.74) is 0.742. The first-order valence-electron chi connectivity index (χ1n) is 4.96. The zero-order valence-corrected chi connectivity index (χ0v) is 10.1. The highest BCUT2D eigenvalue weighted by Gasteiger charge is 2.22. The van der Waals surface area contributed by atoms with Crippen molar-refractivity contribution in [3.63, 3.8) is 0 Å². The molecule has 1 saturated heterocycles. The van der Waals surface area contributed by atoms with Crippen LogP contribution < -0.4 is 10.1 Å². The van der Waals surface area contributed by atoms with E-state index >= 15 is 0 Å². The first-order chi connectivity index (χ1) is 7.22. The monoisotopic (exact) mass is 273 g/mol. The molecule has 2 rings (SSSR count). The lowest BCUT2D eigenvalue weighted by Crippen LogP contribution is -2.09. The molecule has 82 valence electrons. The van der Waals surface area contributed by atoms with E-state index in [1.165, 1.54) is 0 Å². The van der Waals surface area contributed by atoms with Crippen LogP contribution in [0.2, 0.25) is 0 Å². The highest BCUT2D eigenvalue weighted by atomic mass is 79.9. The quantitative estimate of drug-likeness (QED) is 0.895. The fourth-order valence-corrected chi connectivity index (χ4v) is 2.37. The molecule has 1 aromatic carbocycles. The van der Waals surface area contributed by atoms with E-state index in [4.69, 9.17) is 4.74 Å². The van der Waals surface area contributed by atoms with Gasteiger partial charge in [-0.25, -0.2) is 4.39 Å². The standard InChI is InChI=1S/C11H13BrFNO/c1-15-8-4-9(7-2-3-14-6-7)11(13)10(12)5-8/h4-5,7,14H,2-3,6H2,1H3. The van der Waals surface area contributed by atoms with Gasteiger partial charge in [-0.2, -0.15) is 0 Å². The van der Waals surface area contributed by atoms with Crippen LogP contribution in [0.5, 0.6) is 5.75 Å². The molecule has 4 heteroatoms. The number of halogens is 2. The Labute approximate surface area is 96.9 Å². The van der Waals surface area contributed by atoms with Gasteiger partial charge in [0.15, 0.2) is 0 Å². The molecule has 1 aliphatic heterocycles. The Morgan fingerprint density at radius 2 is 2.33 bits per heavy atom. The minimum atomic E-state index is -0.162. The number of hydrogen-bond donors (Lipinski definition) is 1. The molecule has 1 N–H and O–H groups in total. The van der Waals surface area contributed by atoms with Gasteiger partial charge in [-0.05, 0) is 46.6 Å². The Hall–Kier alpha value is -0.610. The fourth-order valence-electron chi connectivity index (χ4n) is 1.92. The van der Waals surface area contributed by atoms with Gasteiger partial charge in [0.05, 0.1) is 11.6 Å². The van der Waals surface area contributed by atoms with Crippen LogP contribution in [-0.4, -0.2) is 20.2 Å². The van der Waals surface area contributed by atoms with Gasteiger partial charge in [0.25, 0.3) is 0 Å². The van der Waals surface area contributed by atoms with Crippen molar-refractivity contribution in [2.75, 3.05) is 20.2 Å². The van der Waals surface area contributed by atoms with Crippen LogP contribution in [0.15, 0.2) is 16.6 Å². The number of nitrogens with one attached hydrogen (secondary N) is 1. The number of benzene rings is 1. The van der Waals surface area contributed by atoms with Crippen molar-refractivity contribution in [3.05, 3.63) is 28.0 Å². The van der Waals surface area contributed by atoms with Crippen molar-refractivity contribution in [1.82, 2.24) is 5.32 Å². The molecular weight excluding hydrogens is 261 g/mol. The van der Waals surface area contributed by atoms with Gasteiger partial charge in [-0.15, -0.1) is 0 Å². The van der Waals surface area contributed by atoms with E-state index in [9.17, 15) is 4.39 Å². The van der Waals surface area contributed by atoms with Crippen molar-refractivity contribution in [1.29, 1.82) is 0 Å². The van der Waals surface area contributed by atoms with Crippen molar-refractivity contribution >= 4 is 15.9 Å². The van der Waals surface area contributed by atoms with Crippen molar-refractivity contribution in [3.8, 4) is 5.75 Å². The van der Waals surface area contributed by atoms with Crippen LogP contribution >= 0.6 is 15.9 Å². The van der Waals surface area contributed by atoms with Crippen molar-refractivity contribution < 1.29 is 9.13 Å². The predicted molar refractivity (Wildman–Crippen MR) is 60.9 cm³/mol. The van der Waals surface area contributed by atoms with Crippen LogP contribution in [0.3, 0.4) is 0 Å². The lowest BCUT2D eigenvalue weighted by atomic mass is 9.98. The third-order valence-electron chi connectivity index (χ3n) is 2.77. The van der Waals surface area contributed by atoms with Gasteiger partial charge in [0.2, 0.25) is 0 Å². The van der Waals surface area contributed by atoms with Crippen LogP contribution in [0.25, 0.3) is 0 Å². The highest BCUT2D eigenvalue weighted by molar-refractivity contribution is 9.10. The summed E-state index contributed by atoms with van der Waals surface area (Å²) in [6.45, 7) is 1.80. The van der Waals surface area contributed by atoms with E-state index in [2.05, 4.69) is 21.2 Å². The molecule has 0 saturated carbocycles. The van der Waals surface area contributed by atoms with Crippen LogP contribution in [0.4, 0.5) is 4.39 Å². The second kappa shape index (κ2) is 4.49. The summed E-state index contributed by atoms with van der Waals surface area (Å²) in [4.78, 5) is 0. The van der Waals surface area contributed by atoms with Crippen LogP contribution in [0, 0.1) is 5.82 Å². The molecule has 1 heterocycles. The Bertz CT molecular complexity index is 364. The molecule has 0 spiro atoms. The number of ether oxygens (including phenoxy) is 1. The molecule has 0 radical (unpaired) electrons. The maximum Gasteiger partial charge on any atom is 0.141 e. The zero-order valence-electron chi connectivity index (χ0n) is 8.52. The van der Waals surface area contributed by atoms with Gasteiger partial charge in [0.1, 0.15) is 11.6 Å². The van der Waals surface area contributed by atoms with Gasteiger partial charge in [-0.1, -0.05) is 0 Å². The Balaban J connectivity index is 2.39. The van der Waals surface area contributed by atoms with Crippen molar-refractivity contribution in [2.24, 2.45) is 0 Å². The maximum absolute atomic E-state index is 13.8. The third-order valence-corrected chi connectivity index (χ3v) is 3.34. The molecule has 0 aromatic heterocycles. The average Bonchev–Trinajstić information content (AvgIpc) is 2.75. The second-order valence-corrected chi connectivity index (χ2v) is 4.56. The number of hydrogen-bond acceptors (Lipinski definition) is 2. The Morgan fingerprint density at radius 1 is 1.53 bits per heavy atom. The first kappa shape index (κ1) is 10.9. The molecule has 1 aromatic rings. The van der Waals surface area contributed by atoms with Crippen molar-refractivity contribution in [2.45, 2.75) is 12.3 Å². The molecule has 1 fully saturated rings. The van der Waals surface area contributed by atoms with Crippen LogP contribution in [0.1, 0.15) is 17.9 Å². The molecule has 0 aliphatic carbocycles. The first-order valence-corrected chi connectivity index (χ1v) is 5.75. The minimum Gasteiger partial charge on any atom is -0.497 e.